The molecule has 0 aliphatic rings. The number of primary amides is 1. The van der Waals surface area contributed by atoms with Crippen molar-refractivity contribution >= 4 is 23.7 Å². The zero-order valence-electron chi connectivity index (χ0n) is 20.1. The number of ether oxygens (including phenoxy) is 2. The number of anilines is 1. The van der Waals surface area contributed by atoms with Gasteiger partial charge in [0.05, 0.1) is 12.1 Å². The number of nitrogens with zero attached hydrogens (tertiary/aromatic N) is 1. The van der Waals surface area contributed by atoms with Gasteiger partial charge in [0.25, 0.3) is 0 Å². The number of pyridine rings is 1. The van der Waals surface area contributed by atoms with Crippen molar-refractivity contribution in [1.82, 2.24) is 10.3 Å². The molecule has 10 heteroatoms. The van der Waals surface area contributed by atoms with Gasteiger partial charge in [-0.3, -0.25) is 9.59 Å². The van der Waals surface area contributed by atoms with E-state index in [1.165, 1.54) is 24.3 Å². The summed E-state index contributed by atoms with van der Waals surface area (Å²) in [5.74, 6) is -0.528. The molecule has 0 unspecified atom stereocenters. The highest BCUT2D eigenvalue weighted by Crippen LogP contribution is 2.26. The molecule has 1 heterocycles. The Hall–Kier alpha value is -4.47. The molecule has 0 fully saturated rings. The van der Waals surface area contributed by atoms with Gasteiger partial charge < -0.3 is 25.8 Å². The van der Waals surface area contributed by atoms with Crippen LogP contribution in [0.2, 0.25) is 0 Å². The summed E-state index contributed by atoms with van der Waals surface area (Å²) in [5, 5.41) is 4.95. The van der Waals surface area contributed by atoms with Crippen molar-refractivity contribution in [1.29, 1.82) is 0 Å². The average molecular weight is 495 g/mol. The number of nitrogens with one attached hydrogen (secondary N) is 2. The number of benzene rings is 2. The Morgan fingerprint density at radius 1 is 0.972 bits per heavy atom. The van der Waals surface area contributed by atoms with E-state index in [2.05, 4.69) is 15.6 Å². The van der Waals surface area contributed by atoms with E-state index < -0.39 is 36.0 Å². The van der Waals surface area contributed by atoms with E-state index in [0.717, 1.165) is 5.56 Å². The van der Waals surface area contributed by atoms with Crippen molar-refractivity contribution in [2.45, 2.75) is 38.8 Å². The van der Waals surface area contributed by atoms with Gasteiger partial charge >= 0.3 is 6.09 Å². The zero-order valence-corrected chi connectivity index (χ0v) is 20.1. The van der Waals surface area contributed by atoms with E-state index in [1.807, 2.05) is 0 Å². The predicted molar refractivity (Wildman–Crippen MR) is 132 cm³/mol. The summed E-state index contributed by atoms with van der Waals surface area (Å²) >= 11 is 0. The van der Waals surface area contributed by atoms with Gasteiger partial charge in [0.2, 0.25) is 11.8 Å². The van der Waals surface area contributed by atoms with Crippen molar-refractivity contribution in [3.05, 3.63) is 72.5 Å². The van der Waals surface area contributed by atoms with Crippen molar-refractivity contribution in [2.24, 2.45) is 5.73 Å². The van der Waals surface area contributed by atoms with E-state index in [4.69, 9.17) is 15.2 Å². The molecule has 0 spiro atoms. The van der Waals surface area contributed by atoms with Crippen LogP contribution in [0.5, 0.6) is 11.5 Å². The fourth-order valence-corrected chi connectivity index (χ4v) is 3.07. The number of amides is 3. The maximum absolute atomic E-state index is 13.1. The second-order valence-corrected chi connectivity index (χ2v) is 8.85. The summed E-state index contributed by atoms with van der Waals surface area (Å²) in [6.45, 7) is 5.02. The maximum Gasteiger partial charge on any atom is 0.408 e. The van der Waals surface area contributed by atoms with Gasteiger partial charge in [0, 0.05) is 5.56 Å². The van der Waals surface area contributed by atoms with Crippen molar-refractivity contribution in [2.75, 3.05) is 5.32 Å². The van der Waals surface area contributed by atoms with Crippen LogP contribution in [0.25, 0.3) is 11.3 Å². The van der Waals surface area contributed by atoms with E-state index in [0.29, 0.717) is 17.2 Å². The molecule has 0 aliphatic carbocycles. The minimum Gasteiger partial charge on any atom is -0.457 e. The molecule has 4 N–H and O–H groups in total. The molecule has 2 aromatic carbocycles. The quantitative estimate of drug-likeness (QED) is 0.426. The number of carbonyl (C=O) groups excluding carboxylic acids is 3. The van der Waals surface area contributed by atoms with Crippen LogP contribution in [0.3, 0.4) is 0 Å². The molecular weight excluding hydrogens is 467 g/mol. The van der Waals surface area contributed by atoms with E-state index in [1.54, 1.807) is 63.2 Å². The molecule has 0 aliphatic heterocycles. The minimum atomic E-state index is -1.24. The number of nitrogens with two attached hydrogens (primary N) is 1. The monoisotopic (exact) mass is 494 g/mol. The molecule has 188 valence electrons. The molecule has 1 atom stereocenters. The smallest absolute Gasteiger partial charge is 0.408 e. The highest BCUT2D eigenvalue weighted by atomic mass is 19.1. The molecule has 0 bridgehead atoms. The van der Waals surface area contributed by atoms with Gasteiger partial charge in [0.15, 0.2) is 0 Å². The average Bonchev–Trinajstić information content (AvgIpc) is 2.79. The second-order valence-electron chi connectivity index (χ2n) is 8.85. The van der Waals surface area contributed by atoms with Crippen molar-refractivity contribution in [3.8, 4) is 22.8 Å². The first-order valence-electron chi connectivity index (χ1n) is 11.1. The largest absolute Gasteiger partial charge is 0.457 e. The zero-order chi connectivity index (χ0) is 26.3. The van der Waals surface area contributed by atoms with Gasteiger partial charge in [-0.1, -0.05) is 6.07 Å². The number of halogens is 1. The molecule has 0 saturated carbocycles. The Labute approximate surface area is 207 Å². The first-order valence-corrected chi connectivity index (χ1v) is 11.1. The first-order chi connectivity index (χ1) is 17.0. The number of rotatable bonds is 8. The summed E-state index contributed by atoms with van der Waals surface area (Å²) < 4.78 is 23.9. The summed E-state index contributed by atoms with van der Waals surface area (Å²) in [4.78, 5) is 40.7. The molecule has 0 radical (unpaired) electrons. The standard InChI is InChI=1S/C26H27FN4O5/c1-26(2,3)36-25(34)30-21(15-22(28)32)24(33)31-23-6-4-5-20(29-23)16-7-11-18(12-8-16)35-19-13-9-17(27)10-14-19/h4-14,21H,15H2,1-3H3,(H2,28,32)(H,30,34)(H,29,31,33)/t21-/m0/s1. The Kier molecular flexibility index (Phi) is 8.21. The van der Waals surface area contributed by atoms with E-state index in [9.17, 15) is 18.8 Å². The topological polar surface area (TPSA) is 133 Å². The van der Waals surface area contributed by atoms with E-state index in [-0.39, 0.29) is 11.6 Å². The normalized spacial score (nSPS) is 11.8. The Balaban J connectivity index is 1.69. The fourth-order valence-electron chi connectivity index (χ4n) is 3.07. The Bertz CT molecular complexity index is 1220. The summed E-state index contributed by atoms with van der Waals surface area (Å²) in [7, 11) is 0. The highest BCUT2D eigenvalue weighted by Gasteiger charge is 2.26. The van der Waals surface area contributed by atoms with Crippen LogP contribution in [0.15, 0.2) is 66.7 Å². The van der Waals surface area contributed by atoms with Crippen LogP contribution in [-0.4, -0.2) is 34.5 Å². The lowest BCUT2D eigenvalue weighted by Crippen LogP contribution is -2.47. The van der Waals surface area contributed by atoms with Crippen LogP contribution in [0, 0.1) is 5.82 Å². The number of hydrogen-bond acceptors (Lipinski definition) is 6. The Morgan fingerprint density at radius 3 is 2.17 bits per heavy atom. The Morgan fingerprint density at radius 2 is 1.58 bits per heavy atom. The highest BCUT2D eigenvalue weighted by molar-refractivity contribution is 5.98. The lowest BCUT2D eigenvalue weighted by atomic mass is 10.1. The molecule has 1 aromatic heterocycles. The van der Waals surface area contributed by atoms with Crippen LogP contribution >= 0.6 is 0 Å². The van der Waals surface area contributed by atoms with Crippen molar-refractivity contribution < 1.29 is 28.2 Å². The third kappa shape index (κ3) is 8.08. The molecule has 3 amide bonds. The van der Waals surface area contributed by atoms with Crippen LogP contribution in [-0.2, 0) is 14.3 Å². The predicted octanol–water partition coefficient (Wildman–Crippen LogP) is 4.39. The van der Waals surface area contributed by atoms with Crippen LogP contribution in [0.4, 0.5) is 15.0 Å². The summed E-state index contributed by atoms with van der Waals surface area (Å²) in [6, 6.07) is 16.5. The third-order valence-electron chi connectivity index (χ3n) is 4.61. The minimum absolute atomic E-state index is 0.213. The van der Waals surface area contributed by atoms with Crippen molar-refractivity contribution in [3.63, 3.8) is 0 Å². The molecule has 3 rings (SSSR count). The number of alkyl carbamates (subject to hydrolysis) is 1. The van der Waals surface area contributed by atoms with E-state index >= 15 is 0 Å². The van der Waals surface area contributed by atoms with Gasteiger partial charge in [-0.05, 0) is 81.4 Å². The summed E-state index contributed by atoms with van der Waals surface area (Å²) in [6.07, 6.45) is -1.27. The second kappa shape index (κ2) is 11.3. The molecular formula is C26H27FN4O5. The number of aromatic nitrogens is 1. The summed E-state index contributed by atoms with van der Waals surface area (Å²) in [5.41, 5.74) is 5.77. The number of carbonyl (C=O) groups is 3. The third-order valence-corrected chi connectivity index (χ3v) is 4.61. The maximum atomic E-state index is 13.1. The molecule has 0 saturated heterocycles. The molecule has 3 aromatic rings. The van der Waals surface area contributed by atoms with Crippen LogP contribution < -0.4 is 21.1 Å². The molecule has 9 nitrogen and oxygen atoms in total. The number of hydrogen-bond donors (Lipinski definition) is 3. The fraction of sp³-hybridized carbons (Fsp3) is 0.231. The lowest BCUT2D eigenvalue weighted by molar-refractivity contribution is -0.124. The van der Waals surface area contributed by atoms with Gasteiger partial charge in [0.1, 0.15) is 34.8 Å². The molecule has 36 heavy (non-hydrogen) atoms. The first kappa shape index (κ1) is 26.1. The SMILES string of the molecule is CC(C)(C)OC(=O)N[C@@H](CC(N)=O)C(=O)Nc1cccc(-c2ccc(Oc3ccc(F)cc3)cc2)n1. The lowest BCUT2D eigenvalue weighted by Gasteiger charge is -2.22. The van der Waals surface area contributed by atoms with Crippen LogP contribution in [0.1, 0.15) is 27.2 Å². The van der Waals surface area contributed by atoms with Gasteiger partial charge in [-0.15, -0.1) is 0 Å². The van der Waals surface area contributed by atoms with Gasteiger partial charge in [-0.2, -0.15) is 0 Å². The van der Waals surface area contributed by atoms with Gasteiger partial charge in [-0.25, -0.2) is 14.2 Å².